The van der Waals surface area contributed by atoms with Crippen LogP contribution < -0.4 is 4.74 Å². The van der Waals surface area contributed by atoms with Gasteiger partial charge >= 0.3 is 5.97 Å². The predicted octanol–water partition coefficient (Wildman–Crippen LogP) is 4.57. The van der Waals surface area contributed by atoms with Crippen LogP contribution in [-0.2, 0) is 16.0 Å². The molecule has 0 aromatic heterocycles. The first-order valence-electron chi connectivity index (χ1n) is 10.6. The number of benzene rings is 2. The Bertz CT molecular complexity index is 991. The van der Waals surface area contributed by atoms with E-state index in [0.717, 1.165) is 49.5 Å². The third-order valence-electron chi connectivity index (χ3n) is 6.12. The molecule has 31 heavy (non-hydrogen) atoms. The zero-order valence-corrected chi connectivity index (χ0v) is 18.4. The molecule has 1 saturated heterocycles. The van der Waals surface area contributed by atoms with Crippen molar-refractivity contribution in [2.75, 3.05) is 26.7 Å². The molecule has 2 aliphatic heterocycles. The van der Waals surface area contributed by atoms with Gasteiger partial charge in [-0.25, -0.2) is 4.79 Å². The summed E-state index contributed by atoms with van der Waals surface area (Å²) in [4.78, 5) is 26.6. The summed E-state index contributed by atoms with van der Waals surface area (Å²) >= 11 is 5.96. The van der Waals surface area contributed by atoms with E-state index in [0.29, 0.717) is 17.7 Å². The zero-order valence-electron chi connectivity index (χ0n) is 17.6. The smallest absolute Gasteiger partial charge is 0.330 e. The van der Waals surface area contributed by atoms with Crippen LogP contribution in [0.1, 0.15) is 40.7 Å². The van der Waals surface area contributed by atoms with Crippen LogP contribution in [0.4, 0.5) is 0 Å². The van der Waals surface area contributed by atoms with Crippen molar-refractivity contribution >= 4 is 29.4 Å². The summed E-state index contributed by atoms with van der Waals surface area (Å²) in [6, 6.07) is 13.5. The van der Waals surface area contributed by atoms with E-state index in [9.17, 15) is 9.59 Å². The van der Waals surface area contributed by atoms with Crippen molar-refractivity contribution in [3.8, 4) is 5.75 Å². The van der Waals surface area contributed by atoms with E-state index in [1.807, 2.05) is 24.3 Å². The average Bonchev–Trinajstić information content (AvgIpc) is 2.78. The maximum atomic E-state index is 12.9. The molecule has 0 amide bonds. The number of hydrogen-bond donors (Lipinski definition) is 0. The summed E-state index contributed by atoms with van der Waals surface area (Å²) in [5.74, 6) is 0.312. The number of hydrogen-bond acceptors (Lipinski definition) is 5. The molecule has 2 heterocycles. The average molecular weight is 440 g/mol. The molecule has 0 atom stereocenters. The van der Waals surface area contributed by atoms with Gasteiger partial charge in [0.2, 0.25) is 0 Å². The number of rotatable bonds is 5. The van der Waals surface area contributed by atoms with Gasteiger partial charge in [-0.1, -0.05) is 29.8 Å². The Hall–Kier alpha value is -2.63. The number of halogens is 1. The largest absolute Gasteiger partial charge is 0.486 e. The second kappa shape index (κ2) is 9.25. The monoisotopic (exact) mass is 439 g/mol. The molecule has 162 valence electrons. The van der Waals surface area contributed by atoms with Gasteiger partial charge in [-0.05, 0) is 47.9 Å². The number of carbonyl (C=O) groups excluding carboxylic acids is 2. The summed E-state index contributed by atoms with van der Waals surface area (Å²) in [5.41, 5.74) is 2.22. The van der Waals surface area contributed by atoms with E-state index >= 15 is 0 Å². The zero-order chi connectivity index (χ0) is 21.8. The van der Waals surface area contributed by atoms with Crippen molar-refractivity contribution in [3.05, 3.63) is 70.3 Å². The Balaban J connectivity index is 1.36. The SMILES string of the molecule is COC(=O)C=Cc1ccc2c(c1)C(=O)CC1(CCN(CCc3ccc(Cl)cc3)CC1)O2. The van der Waals surface area contributed by atoms with Gasteiger partial charge < -0.3 is 14.4 Å². The second-order valence-electron chi connectivity index (χ2n) is 8.22. The molecule has 2 aliphatic rings. The molecule has 0 unspecified atom stereocenters. The minimum atomic E-state index is -0.429. The fraction of sp³-hybridized carbons (Fsp3) is 0.360. The minimum absolute atomic E-state index is 0.101. The van der Waals surface area contributed by atoms with Crippen LogP contribution in [0.15, 0.2) is 48.5 Å². The molecule has 4 rings (SSSR count). The van der Waals surface area contributed by atoms with Crippen molar-refractivity contribution in [1.29, 1.82) is 0 Å². The van der Waals surface area contributed by atoms with Crippen LogP contribution in [0.5, 0.6) is 5.75 Å². The number of carbonyl (C=O) groups is 2. The molecule has 0 saturated carbocycles. The fourth-order valence-corrected chi connectivity index (χ4v) is 4.37. The van der Waals surface area contributed by atoms with Gasteiger partial charge in [-0.15, -0.1) is 0 Å². The lowest BCUT2D eigenvalue weighted by atomic mass is 9.82. The fourth-order valence-electron chi connectivity index (χ4n) is 4.25. The summed E-state index contributed by atoms with van der Waals surface area (Å²) in [6.07, 6.45) is 6.04. The Kier molecular flexibility index (Phi) is 6.44. The Morgan fingerprint density at radius 1 is 1.19 bits per heavy atom. The molecule has 1 spiro atoms. The van der Waals surface area contributed by atoms with E-state index in [4.69, 9.17) is 16.3 Å². The molecule has 1 fully saturated rings. The Morgan fingerprint density at radius 2 is 1.94 bits per heavy atom. The topological polar surface area (TPSA) is 55.8 Å². The first kappa shape index (κ1) is 21.6. The number of esters is 1. The molecule has 0 aliphatic carbocycles. The minimum Gasteiger partial charge on any atom is -0.486 e. The first-order valence-corrected chi connectivity index (χ1v) is 10.9. The van der Waals surface area contributed by atoms with E-state index in [1.165, 1.54) is 18.7 Å². The van der Waals surface area contributed by atoms with Crippen LogP contribution in [-0.4, -0.2) is 49.0 Å². The number of piperidine rings is 1. The summed E-state index contributed by atoms with van der Waals surface area (Å²) in [7, 11) is 1.33. The maximum Gasteiger partial charge on any atom is 0.330 e. The molecule has 6 heteroatoms. The third kappa shape index (κ3) is 5.17. The van der Waals surface area contributed by atoms with E-state index in [1.54, 1.807) is 12.1 Å². The van der Waals surface area contributed by atoms with Crippen LogP contribution >= 0.6 is 11.6 Å². The Morgan fingerprint density at radius 3 is 2.65 bits per heavy atom. The maximum absolute atomic E-state index is 12.9. The van der Waals surface area contributed by atoms with E-state index in [-0.39, 0.29) is 5.78 Å². The van der Waals surface area contributed by atoms with Crippen LogP contribution in [0.2, 0.25) is 5.02 Å². The number of nitrogens with zero attached hydrogens (tertiary/aromatic N) is 1. The first-order chi connectivity index (χ1) is 15.0. The van der Waals surface area contributed by atoms with Crippen molar-refractivity contribution in [2.24, 2.45) is 0 Å². The number of fused-ring (bicyclic) bond motifs is 1. The molecular weight excluding hydrogens is 414 g/mol. The summed E-state index contributed by atoms with van der Waals surface area (Å²) < 4.78 is 11.0. The van der Waals surface area contributed by atoms with Gasteiger partial charge in [-0.3, -0.25) is 4.79 Å². The standard InChI is InChI=1S/C25H26ClNO4/c1-30-24(29)9-5-19-4-8-23-21(16-19)22(28)17-25(31-23)11-14-27(15-12-25)13-10-18-2-6-20(26)7-3-18/h2-9,16H,10-15,17H2,1H3. The molecule has 0 radical (unpaired) electrons. The molecular formula is C25H26ClNO4. The molecule has 0 N–H and O–H groups in total. The Labute approximate surface area is 187 Å². The molecule has 2 aromatic rings. The highest BCUT2D eigenvalue weighted by Crippen LogP contribution is 2.39. The van der Waals surface area contributed by atoms with Crippen molar-refractivity contribution in [1.82, 2.24) is 4.90 Å². The van der Waals surface area contributed by atoms with E-state index < -0.39 is 11.6 Å². The number of likely N-dealkylation sites (tertiary alicyclic amines) is 1. The lowest BCUT2D eigenvalue weighted by Crippen LogP contribution is -2.51. The quantitative estimate of drug-likeness (QED) is 0.504. The molecule has 5 nitrogen and oxygen atoms in total. The highest BCUT2D eigenvalue weighted by molar-refractivity contribution is 6.30. The second-order valence-corrected chi connectivity index (χ2v) is 8.65. The van der Waals surface area contributed by atoms with Gasteiger partial charge in [0.1, 0.15) is 11.4 Å². The molecule has 2 aromatic carbocycles. The number of ketones is 1. The van der Waals surface area contributed by atoms with Gasteiger partial charge in [0.15, 0.2) is 5.78 Å². The lowest BCUT2D eigenvalue weighted by molar-refractivity contribution is -0.134. The van der Waals surface area contributed by atoms with E-state index in [2.05, 4.69) is 21.8 Å². The van der Waals surface area contributed by atoms with Crippen molar-refractivity contribution in [3.63, 3.8) is 0 Å². The number of Topliss-reactive ketones (excluding diaryl/α,β-unsaturated/α-hetero) is 1. The normalized spacial score (nSPS) is 18.1. The number of methoxy groups -OCH3 is 1. The van der Waals surface area contributed by atoms with Crippen molar-refractivity contribution in [2.45, 2.75) is 31.3 Å². The highest BCUT2D eigenvalue weighted by Gasteiger charge is 2.42. The van der Waals surface area contributed by atoms with Gasteiger partial charge in [-0.2, -0.15) is 0 Å². The number of ether oxygens (including phenoxy) is 2. The summed E-state index contributed by atoms with van der Waals surface area (Å²) in [6.45, 7) is 2.81. The predicted molar refractivity (Wildman–Crippen MR) is 121 cm³/mol. The van der Waals surface area contributed by atoms with Gasteiger partial charge in [0.25, 0.3) is 0 Å². The highest BCUT2D eigenvalue weighted by atomic mass is 35.5. The van der Waals surface area contributed by atoms with Gasteiger partial charge in [0, 0.05) is 43.6 Å². The van der Waals surface area contributed by atoms with Crippen molar-refractivity contribution < 1.29 is 19.1 Å². The van der Waals surface area contributed by atoms with Crippen LogP contribution in [0, 0.1) is 0 Å². The lowest BCUT2D eigenvalue weighted by Gasteiger charge is -2.44. The van der Waals surface area contributed by atoms with Crippen LogP contribution in [0.3, 0.4) is 0 Å². The van der Waals surface area contributed by atoms with Gasteiger partial charge in [0.05, 0.1) is 19.1 Å². The summed E-state index contributed by atoms with van der Waals surface area (Å²) in [5, 5.41) is 0.759. The van der Waals surface area contributed by atoms with Crippen LogP contribution in [0.25, 0.3) is 6.08 Å². The molecule has 0 bridgehead atoms. The third-order valence-corrected chi connectivity index (χ3v) is 6.38.